The van der Waals surface area contributed by atoms with Crippen molar-refractivity contribution in [2.45, 2.75) is 65.2 Å². The SMILES string of the molecule is CCOC(=O)c1c(NC(=S)Nc2ccc(C(C)CC)cc2)sc2c1CCCCC2. The van der Waals surface area contributed by atoms with Crippen molar-refractivity contribution in [2.24, 2.45) is 0 Å². The molecule has 1 unspecified atom stereocenters. The minimum atomic E-state index is -0.255. The number of thiophene rings is 1. The Hall–Kier alpha value is -1.92. The lowest BCUT2D eigenvalue weighted by atomic mass is 9.99. The number of hydrogen-bond donors (Lipinski definition) is 2. The zero-order valence-electron chi connectivity index (χ0n) is 17.5. The van der Waals surface area contributed by atoms with Crippen molar-refractivity contribution in [1.29, 1.82) is 0 Å². The lowest BCUT2D eigenvalue weighted by Crippen LogP contribution is -2.20. The highest BCUT2D eigenvalue weighted by Crippen LogP contribution is 2.38. The molecule has 0 saturated heterocycles. The Kier molecular flexibility index (Phi) is 7.67. The Morgan fingerprint density at radius 3 is 2.55 bits per heavy atom. The first-order valence-electron chi connectivity index (χ1n) is 10.5. The Balaban J connectivity index is 1.76. The molecule has 0 bridgehead atoms. The third-order valence-electron chi connectivity index (χ3n) is 5.48. The summed E-state index contributed by atoms with van der Waals surface area (Å²) in [5, 5.41) is 7.79. The van der Waals surface area contributed by atoms with Gasteiger partial charge in [0.2, 0.25) is 0 Å². The minimum absolute atomic E-state index is 0.255. The van der Waals surface area contributed by atoms with Crippen LogP contribution in [0.1, 0.15) is 78.7 Å². The van der Waals surface area contributed by atoms with Crippen LogP contribution in [-0.4, -0.2) is 17.7 Å². The number of ether oxygens (including phenoxy) is 1. The molecule has 1 atom stereocenters. The second-order valence-electron chi connectivity index (χ2n) is 7.50. The van der Waals surface area contributed by atoms with Crippen LogP contribution in [0.2, 0.25) is 0 Å². The van der Waals surface area contributed by atoms with Crippen LogP contribution in [0, 0.1) is 0 Å². The van der Waals surface area contributed by atoms with Gasteiger partial charge in [0.25, 0.3) is 0 Å². The van der Waals surface area contributed by atoms with Crippen molar-refractivity contribution in [3.63, 3.8) is 0 Å². The fraction of sp³-hybridized carbons (Fsp3) is 0.478. The van der Waals surface area contributed by atoms with Crippen molar-refractivity contribution in [1.82, 2.24) is 0 Å². The third-order valence-corrected chi connectivity index (χ3v) is 6.89. The number of thiocarbonyl (C=S) groups is 1. The van der Waals surface area contributed by atoms with Gasteiger partial charge in [0, 0.05) is 10.6 Å². The van der Waals surface area contributed by atoms with Crippen LogP contribution in [0.3, 0.4) is 0 Å². The van der Waals surface area contributed by atoms with Crippen LogP contribution < -0.4 is 10.6 Å². The molecule has 1 heterocycles. The number of carbonyl (C=O) groups excluding carboxylic acids is 1. The first-order chi connectivity index (χ1) is 14.0. The number of aryl methyl sites for hydroxylation is 1. The van der Waals surface area contributed by atoms with Crippen LogP contribution in [0.15, 0.2) is 24.3 Å². The molecule has 29 heavy (non-hydrogen) atoms. The number of benzene rings is 1. The Labute approximate surface area is 183 Å². The van der Waals surface area contributed by atoms with Gasteiger partial charge in [-0.25, -0.2) is 4.79 Å². The van der Waals surface area contributed by atoms with E-state index in [4.69, 9.17) is 17.0 Å². The molecule has 0 radical (unpaired) electrons. The van der Waals surface area contributed by atoms with Gasteiger partial charge < -0.3 is 15.4 Å². The molecule has 4 nitrogen and oxygen atoms in total. The highest BCUT2D eigenvalue weighted by molar-refractivity contribution is 7.80. The average molecular weight is 431 g/mol. The van der Waals surface area contributed by atoms with Gasteiger partial charge in [-0.2, -0.15) is 0 Å². The molecule has 0 aliphatic heterocycles. The molecule has 6 heteroatoms. The number of esters is 1. The molecule has 0 saturated carbocycles. The summed E-state index contributed by atoms with van der Waals surface area (Å²) < 4.78 is 5.34. The maximum absolute atomic E-state index is 12.7. The van der Waals surface area contributed by atoms with E-state index in [9.17, 15) is 4.79 Å². The van der Waals surface area contributed by atoms with Gasteiger partial charge in [-0.15, -0.1) is 11.3 Å². The molecule has 1 aliphatic carbocycles. The van der Waals surface area contributed by atoms with E-state index in [1.54, 1.807) is 11.3 Å². The summed E-state index contributed by atoms with van der Waals surface area (Å²) in [6, 6.07) is 8.36. The monoisotopic (exact) mass is 430 g/mol. The molecule has 0 amide bonds. The van der Waals surface area contributed by atoms with Crippen LogP contribution in [0.5, 0.6) is 0 Å². The Bertz CT molecular complexity index is 859. The molecular weight excluding hydrogens is 400 g/mol. The van der Waals surface area contributed by atoms with Crippen LogP contribution in [-0.2, 0) is 17.6 Å². The van der Waals surface area contributed by atoms with Crippen molar-refractivity contribution < 1.29 is 9.53 Å². The van der Waals surface area contributed by atoms with E-state index in [0.717, 1.165) is 41.9 Å². The van der Waals surface area contributed by atoms with E-state index in [1.165, 1.54) is 23.3 Å². The maximum Gasteiger partial charge on any atom is 0.341 e. The van der Waals surface area contributed by atoms with E-state index < -0.39 is 0 Å². The summed E-state index contributed by atoms with van der Waals surface area (Å²) >= 11 is 7.17. The van der Waals surface area contributed by atoms with E-state index in [-0.39, 0.29) is 5.97 Å². The fourth-order valence-electron chi connectivity index (χ4n) is 3.65. The predicted molar refractivity (Wildman–Crippen MR) is 127 cm³/mol. The molecule has 156 valence electrons. The van der Waals surface area contributed by atoms with E-state index in [2.05, 4.69) is 36.6 Å². The number of hydrogen-bond acceptors (Lipinski definition) is 4. The quantitative estimate of drug-likeness (QED) is 0.310. The molecule has 2 N–H and O–H groups in total. The van der Waals surface area contributed by atoms with Gasteiger partial charge in [-0.1, -0.05) is 32.4 Å². The van der Waals surface area contributed by atoms with Gasteiger partial charge in [-0.3, -0.25) is 0 Å². The van der Waals surface area contributed by atoms with Gasteiger partial charge >= 0.3 is 5.97 Å². The number of fused-ring (bicyclic) bond motifs is 1. The summed E-state index contributed by atoms with van der Waals surface area (Å²) in [6.45, 7) is 6.63. The van der Waals surface area contributed by atoms with Gasteiger partial charge in [0.15, 0.2) is 5.11 Å². The van der Waals surface area contributed by atoms with Gasteiger partial charge in [-0.05, 0) is 80.4 Å². The predicted octanol–water partition coefficient (Wildman–Crippen LogP) is 6.52. The minimum Gasteiger partial charge on any atom is -0.462 e. The molecule has 1 aliphatic rings. The molecule has 0 spiro atoms. The molecule has 2 aromatic rings. The number of anilines is 2. The molecule has 1 aromatic heterocycles. The highest BCUT2D eigenvalue weighted by Gasteiger charge is 2.26. The average Bonchev–Trinajstić information content (AvgIpc) is 2.88. The summed E-state index contributed by atoms with van der Waals surface area (Å²) in [5.74, 6) is 0.290. The lowest BCUT2D eigenvalue weighted by molar-refractivity contribution is 0.0527. The Morgan fingerprint density at radius 2 is 1.86 bits per heavy atom. The molecule has 3 rings (SSSR count). The van der Waals surface area contributed by atoms with Crippen molar-refractivity contribution in [2.75, 3.05) is 17.2 Å². The summed E-state index contributed by atoms with van der Waals surface area (Å²) in [7, 11) is 0. The zero-order valence-corrected chi connectivity index (χ0v) is 19.1. The summed E-state index contributed by atoms with van der Waals surface area (Å²) in [4.78, 5) is 13.9. The lowest BCUT2D eigenvalue weighted by Gasteiger charge is -2.13. The van der Waals surface area contributed by atoms with Gasteiger partial charge in [0.05, 0.1) is 12.2 Å². The summed E-state index contributed by atoms with van der Waals surface area (Å²) in [5.41, 5.74) is 4.08. The number of nitrogens with one attached hydrogen (secondary N) is 2. The second-order valence-corrected chi connectivity index (χ2v) is 9.01. The molecule has 1 aromatic carbocycles. The van der Waals surface area contributed by atoms with E-state index in [0.29, 0.717) is 23.2 Å². The maximum atomic E-state index is 12.7. The van der Waals surface area contributed by atoms with Crippen LogP contribution >= 0.6 is 23.6 Å². The van der Waals surface area contributed by atoms with Crippen LogP contribution in [0.4, 0.5) is 10.7 Å². The largest absolute Gasteiger partial charge is 0.462 e. The Morgan fingerprint density at radius 1 is 1.14 bits per heavy atom. The summed E-state index contributed by atoms with van der Waals surface area (Å²) in [6.07, 6.45) is 6.55. The topological polar surface area (TPSA) is 50.4 Å². The third kappa shape index (κ3) is 5.37. The fourth-order valence-corrected chi connectivity index (χ4v) is 5.21. The van der Waals surface area contributed by atoms with Crippen molar-refractivity contribution in [3.8, 4) is 0 Å². The first kappa shape index (κ1) is 21.8. The van der Waals surface area contributed by atoms with Crippen molar-refractivity contribution in [3.05, 3.63) is 45.8 Å². The van der Waals surface area contributed by atoms with Gasteiger partial charge in [0.1, 0.15) is 5.00 Å². The normalized spacial score (nSPS) is 14.4. The second kappa shape index (κ2) is 10.2. The van der Waals surface area contributed by atoms with E-state index in [1.807, 2.05) is 19.1 Å². The molecular formula is C23H30N2O2S2. The highest BCUT2D eigenvalue weighted by atomic mass is 32.1. The number of carbonyl (C=O) groups is 1. The molecule has 0 fully saturated rings. The standard InChI is InChI=1S/C23H30N2O2S2/c1-4-15(3)16-11-13-17(14-12-16)24-23(28)25-21-20(22(26)27-5-2)18-9-7-6-8-10-19(18)29-21/h11-15H,4-10H2,1-3H3,(H2,24,25,28). The van der Waals surface area contributed by atoms with E-state index >= 15 is 0 Å². The smallest absolute Gasteiger partial charge is 0.341 e. The zero-order chi connectivity index (χ0) is 20.8. The van der Waals surface area contributed by atoms with Crippen LogP contribution in [0.25, 0.3) is 0 Å². The number of rotatable bonds is 6. The first-order valence-corrected chi connectivity index (χ1v) is 11.8. The van der Waals surface area contributed by atoms with Crippen molar-refractivity contribution >= 4 is 45.3 Å².